The summed E-state index contributed by atoms with van der Waals surface area (Å²) in [4.78, 5) is 64.8. The Bertz CT molecular complexity index is 2470. The SMILES string of the molecule is CCc1nc(C)oc1C(=O)Nc1nc2cc(C(N)=O)cc(OCCCO)c2n1CC=CCn1c(NC(=O)c2cc(C)nn2CC)nc2cc(C(N)=O)ccc21. The molecule has 0 aliphatic carbocycles. The molecule has 0 aliphatic heterocycles. The number of aryl methyl sites for hydroxylation is 4. The van der Waals surface area contributed by atoms with Gasteiger partial charge in [-0.05, 0) is 56.7 Å². The number of aromatic nitrogens is 7. The number of amides is 4. The highest BCUT2D eigenvalue weighted by Gasteiger charge is 2.24. The second-order valence-electron chi connectivity index (χ2n) is 12.5. The number of hydrogen-bond acceptors (Lipinski definition) is 11. The average Bonchev–Trinajstić information content (AvgIpc) is 3.92. The van der Waals surface area contributed by atoms with Crippen molar-refractivity contribution in [1.82, 2.24) is 33.9 Å². The van der Waals surface area contributed by atoms with Crippen LogP contribution in [-0.2, 0) is 26.1 Å². The van der Waals surface area contributed by atoms with Crippen LogP contribution in [0.4, 0.5) is 11.9 Å². The molecule has 2 aromatic carbocycles. The number of rotatable bonds is 16. The molecule has 0 spiro atoms. The summed E-state index contributed by atoms with van der Waals surface area (Å²) in [5, 5.41) is 19.5. The number of imidazole rings is 2. The molecule has 55 heavy (non-hydrogen) atoms. The third-order valence-electron chi connectivity index (χ3n) is 8.66. The lowest BCUT2D eigenvalue weighted by atomic mass is 10.1. The Morgan fingerprint density at radius 3 is 2.24 bits per heavy atom. The molecule has 0 saturated heterocycles. The first-order valence-electron chi connectivity index (χ1n) is 17.6. The van der Waals surface area contributed by atoms with Crippen LogP contribution in [0.5, 0.6) is 5.75 Å². The van der Waals surface area contributed by atoms with E-state index in [1.54, 1.807) is 51.9 Å². The van der Waals surface area contributed by atoms with Crippen LogP contribution < -0.4 is 26.8 Å². The highest BCUT2D eigenvalue weighted by Crippen LogP contribution is 2.32. The van der Waals surface area contributed by atoms with Crippen LogP contribution in [0.25, 0.3) is 22.1 Å². The molecule has 18 heteroatoms. The van der Waals surface area contributed by atoms with E-state index in [1.807, 2.05) is 26.0 Å². The lowest BCUT2D eigenvalue weighted by Crippen LogP contribution is -2.19. The minimum absolute atomic E-state index is 0.0459. The van der Waals surface area contributed by atoms with E-state index in [0.717, 1.165) is 0 Å². The fourth-order valence-corrected chi connectivity index (χ4v) is 6.11. The molecule has 0 fully saturated rings. The van der Waals surface area contributed by atoms with E-state index in [-0.39, 0.29) is 60.8 Å². The maximum atomic E-state index is 13.5. The van der Waals surface area contributed by atoms with Crippen LogP contribution in [0.3, 0.4) is 0 Å². The van der Waals surface area contributed by atoms with Crippen molar-refractivity contribution in [3.8, 4) is 5.75 Å². The number of nitrogens with two attached hydrogens (primary N) is 2. The van der Waals surface area contributed by atoms with Crippen molar-refractivity contribution >= 4 is 57.6 Å². The van der Waals surface area contributed by atoms with E-state index in [2.05, 4.69) is 30.7 Å². The number of carbonyl (C=O) groups excluding carboxylic acids is 4. The van der Waals surface area contributed by atoms with Crippen LogP contribution in [0.2, 0.25) is 0 Å². The molecule has 0 aliphatic rings. The number of hydrogen-bond donors (Lipinski definition) is 5. The first-order chi connectivity index (χ1) is 26.4. The quantitative estimate of drug-likeness (QED) is 0.0707. The summed E-state index contributed by atoms with van der Waals surface area (Å²) in [5.41, 5.74) is 14.9. The molecule has 0 unspecified atom stereocenters. The second-order valence-corrected chi connectivity index (χ2v) is 12.5. The third-order valence-corrected chi connectivity index (χ3v) is 8.66. The Morgan fingerprint density at radius 2 is 1.55 bits per heavy atom. The van der Waals surface area contributed by atoms with Gasteiger partial charge in [0.2, 0.25) is 29.5 Å². The number of carbonyl (C=O) groups is 4. The maximum Gasteiger partial charge on any atom is 0.295 e. The highest BCUT2D eigenvalue weighted by atomic mass is 16.5. The van der Waals surface area contributed by atoms with Gasteiger partial charge in [-0.1, -0.05) is 19.1 Å². The number of benzene rings is 2. The molecule has 0 radical (unpaired) electrons. The Labute approximate surface area is 314 Å². The van der Waals surface area contributed by atoms with Gasteiger partial charge in [0.1, 0.15) is 17.0 Å². The maximum absolute atomic E-state index is 13.5. The molecule has 4 amide bonds. The lowest BCUT2D eigenvalue weighted by molar-refractivity contribution is 0.0987. The number of anilines is 2. The minimum atomic E-state index is -0.702. The van der Waals surface area contributed by atoms with Gasteiger partial charge in [0.25, 0.3) is 11.8 Å². The van der Waals surface area contributed by atoms with Gasteiger partial charge >= 0.3 is 0 Å². The van der Waals surface area contributed by atoms with E-state index in [9.17, 15) is 24.3 Å². The molecule has 18 nitrogen and oxygen atoms in total. The molecule has 286 valence electrons. The van der Waals surface area contributed by atoms with Gasteiger partial charge in [-0.2, -0.15) is 5.10 Å². The van der Waals surface area contributed by atoms with Crippen LogP contribution in [0.1, 0.15) is 79.3 Å². The molecule has 7 N–H and O–H groups in total. The van der Waals surface area contributed by atoms with E-state index in [0.29, 0.717) is 64.4 Å². The Morgan fingerprint density at radius 1 is 0.873 bits per heavy atom. The van der Waals surface area contributed by atoms with Gasteiger partial charge in [0, 0.05) is 50.7 Å². The summed E-state index contributed by atoms with van der Waals surface area (Å²) in [6.45, 7) is 8.04. The number of aliphatic hydroxyl groups is 1. The van der Waals surface area contributed by atoms with Crippen LogP contribution in [0.15, 0.2) is 53.0 Å². The van der Waals surface area contributed by atoms with Gasteiger partial charge in [-0.3, -0.25) is 34.5 Å². The van der Waals surface area contributed by atoms with Crippen molar-refractivity contribution in [2.75, 3.05) is 23.8 Å². The zero-order valence-corrected chi connectivity index (χ0v) is 30.8. The van der Waals surface area contributed by atoms with Crippen LogP contribution >= 0.6 is 0 Å². The van der Waals surface area contributed by atoms with E-state index in [1.165, 1.54) is 12.1 Å². The van der Waals surface area contributed by atoms with Crippen molar-refractivity contribution in [1.29, 1.82) is 0 Å². The Balaban J connectivity index is 1.38. The van der Waals surface area contributed by atoms with Gasteiger partial charge in [0.05, 0.1) is 34.5 Å². The van der Waals surface area contributed by atoms with E-state index < -0.39 is 23.6 Å². The highest BCUT2D eigenvalue weighted by molar-refractivity contribution is 6.05. The number of nitrogens with zero attached hydrogens (tertiary/aromatic N) is 7. The van der Waals surface area contributed by atoms with Gasteiger partial charge < -0.3 is 34.9 Å². The molecule has 0 saturated carbocycles. The lowest BCUT2D eigenvalue weighted by Gasteiger charge is -2.12. The van der Waals surface area contributed by atoms with Crippen molar-refractivity contribution in [2.24, 2.45) is 11.5 Å². The fourth-order valence-electron chi connectivity index (χ4n) is 6.11. The molecule has 0 bridgehead atoms. The second kappa shape index (κ2) is 16.0. The predicted molar refractivity (Wildman–Crippen MR) is 202 cm³/mol. The predicted octanol–water partition coefficient (Wildman–Crippen LogP) is 3.49. The smallest absolute Gasteiger partial charge is 0.295 e. The first-order valence-corrected chi connectivity index (χ1v) is 17.6. The normalized spacial score (nSPS) is 11.5. The Hall–Kier alpha value is -6.82. The first kappa shape index (κ1) is 37.9. The fraction of sp³-hybridized carbons (Fsp3) is 0.297. The third kappa shape index (κ3) is 7.93. The number of ether oxygens (including phenoxy) is 1. The number of oxazole rings is 1. The van der Waals surface area contributed by atoms with Crippen LogP contribution in [0, 0.1) is 13.8 Å². The summed E-state index contributed by atoms with van der Waals surface area (Å²) in [7, 11) is 0. The molecule has 0 atom stereocenters. The van der Waals surface area contributed by atoms with E-state index in [4.69, 9.17) is 20.6 Å². The number of primary amides is 2. The van der Waals surface area contributed by atoms with Gasteiger partial charge in [-0.15, -0.1) is 0 Å². The molecule has 4 heterocycles. The topological polar surface area (TPSA) is 253 Å². The molecular weight excluding hydrogens is 710 g/mol. The van der Waals surface area contributed by atoms with Gasteiger partial charge in [-0.25, -0.2) is 15.0 Å². The number of aliphatic hydroxyl groups excluding tert-OH is 1. The summed E-state index contributed by atoms with van der Waals surface area (Å²) in [6, 6.07) is 9.51. The molecule has 6 aromatic rings. The standard InChI is InChI=1S/C37H41N11O7/c1-5-24-31(55-21(4)40-24)35(53)44-37-42-26-18-23(33(39)51)19-29(54-15-9-14-49)30(26)47(37)13-8-7-12-46-27-11-10-22(32(38)50)17-25(27)41-36(46)43-34(52)28-16-20(3)45-48(28)6-2/h7-8,10-11,16-19,49H,5-6,9,12-15H2,1-4H3,(H2,38,50)(H2,39,51)(H,41,43,52)(H,42,44,53). The summed E-state index contributed by atoms with van der Waals surface area (Å²) in [6.07, 6.45) is 4.43. The summed E-state index contributed by atoms with van der Waals surface area (Å²) >= 11 is 0. The average molecular weight is 752 g/mol. The summed E-state index contributed by atoms with van der Waals surface area (Å²) < 4.78 is 16.7. The minimum Gasteiger partial charge on any atom is -0.491 e. The van der Waals surface area contributed by atoms with Crippen LogP contribution in [-0.4, -0.2) is 75.8 Å². The zero-order valence-electron chi connectivity index (χ0n) is 30.8. The van der Waals surface area contributed by atoms with E-state index >= 15 is 0 Å². The van der Waals surface area contributed by atoms with Crippen molar-refractivity contribution in [2.45, 2.75) is 60.2 Å². The number of allylic oxidation sites excluding steroid dienone is 2. The molecular formula is C37H41N11O7. The number of fused-ring (bicyclic) bond motifs is 2. The van der Waals surface area contributed by atoms with Crippen molar-refractivity contribution in [3.63, 3.8) is 0 Å². The number of nitrogens with one attached hydrogen (secondary N) is 2. The Kier molecular flexibility index (Phi) is 11.1. The van der Waals surface area contributed by atoms with Crippen molar-refractivity contribution in [3.05, 3.63) is 88.4 Å². The monoisotopic (exact) mass is 751 g/mol. The zero-order chi connectivity index (χ0) is 39.4. The molecule has 4 aromatic heterocycles. The summed E-state index contributed by atoms with van der Waals surface area (Å²) in [5.74, 6) is -1.31. The molecule has 6 rings (SSSR count). The van der Waals surface area contributed by atoms with Crippen molar-refractivity contribution < 1.29 is 33.4 Å². The van der Waals surface area contributed by atoms with Gasteiger partial charge in [0.15, 0.2) is 5.89 Å². The largest absolute Gasteiger partial charge is 0.491 e.